The van der Waals surface area contributed by atoms with Crippen LogP contribution < -0.4 is 0 Å². The highest BCUT2D eigenvalue weighted by atomic mass is 32.2. The molecular formula is C7H6FOS2+. The SMILES string of the molecule is O=[S+]Cc1ccc(SF)cc1. The molecule has 58 valence electrons. The molecule has 0 spiro atoms. The molecule has 0 aromatic heterocycles. The summed E-state index contributed by atoms with van der Waals surface area (Å²) in [7, 11) is 0. The van der Waals surface area contributed by atoms with Crippen LogP contribution in [0.15, 0.2) is 29.2 Å². The zero-order valence-electron chi connectivity index (χ0n) is 5.62. The molecule has 0 N–H and O–H groups in total. The molecule has 0 aliphatic heterocycles. The predicted molar refractivity (Wildman–Crippen MR) is 45.2 cm³/mol. The smallest absolute Gasteiger partial charge is 0.160 e. The topological polar surface area (TPSA) is 17.1 Å². The van der Waals surface area contributed by atoms with Crippen molar-refractivity contribution in [3.63, 3.8) is 0 Å². The Balaban J connectivity index is 2.74. The molecule has 11 heavy (non-hydrogen) atoms. The van der Waals surface area contributed by atoms with E-state index in [9.17, 15) is 8.09 Å². The fourth-order valence-electron chi connectivity index (χ4n) is 0.705. The first-order valence-corrected chi connectivity index (χ1v) is 4.62. The number of hydrogen-bond acceptors (Lipinski definition) is 2. The quantitative estimate of drug-likeness (QED) is 0.680. The number of benzene rings is 1. The van der Waals surface area contributed by atoms with E-state index >= 15 is 0 Å². The molecule has 0 saturated heterocycles. The van der Waals surface area contributed by atoms with E-state index in [0.717, 1.165) is 5.56 Å². The summed E-state index contributed by atoms with van der Waals surface area (Å²) in [6.07, 6.45) is 0. The van der Waals surface area contributed by atoms with Gasteiger partial charge in [0.2, 0.25) is 0 Å². The Morgan fingerprint density at radius 3 is 2.45 bits per heavy atom. The highest BCUT2D eigenvalue weighted by molar-refractivity contribution is 7.94. The highest BCUT2D eigenvalue weighted by Crippen LogP contribution is 2.18. The average molecular weight is 189 g/mol. The molecule has 0 aliphatic rings. The van der Waals surface area contributed by atoms with Gasteiger partial charge in [-0.05, 0) is 12.1 Å². The van der Waals surface area contributed by atoms with Crippen molar-refractivity contribution in [1.29, 1.82) is 0 Å². The molecule has 1 aromatic carbocycles. The van der Waals surface area contributed by atoms with Crippen molar-refractivity contribution >= 4 is 23.8 Å². The summed E-state index contributed by atoms with van der Waals surface area (Å²) >= 11 is 0.728. The summed E-state index contributed by atoms with van der Waals surface area (Å²) in [5.41, 5.74) is 0.933. The van der Waals surface area contributed by atoms with Gasteiger partial charge in [-0.15, -0.1) is 0 Å². The second-order valence-corrected chi connectivity index (χ2v) is 3.13. The lowest BCUT2D eigenvalue weighted by Crippen LogP contribution is -1.80. The predicted octanol–water partition coefficient (Wildman–Crippen LogP) is 2.59. The lowest BCUT2D eigenvalue weighted by molar-refractivity contribution is 0.604. The Morgan fingerprint density at radius 2 is 2.00 bits per heavy atom. The monoisotopic (exact) mass is 189 g/mol. The van der Waals surface area contributed by atoms with Crippen LogP contribution >= 0.6 is 12.1 Å². The van der Waals surface area contributed by atoms with Crippen LogP contribution in [0.2, 0.25) is 0 Å². The Bertz CT molecular complexity index is 235. The van der Waals surface area contributed by atoms with Crippen LogP contribution in [0.25, 0.3) is 0 Å². The summed E-state index contributed by atoms with van der Waals surface area (Å²) in [6.45, 7) is 0. The van der Waals surface area contributed by atoms with Gasteiger partial charge in [-0.1, -0.05) is 12.1 Å². The van der Waals surface area contributed by atoms with Gasteiger partial charge in [0, 0.05) is 14.7 Å². The van der Waals surface area contributed by atoms with E-state index in [0.29, 0.717) is 22.3 Å². The summed E-state index contributed by atoms with van der Waals surface area (Å²) in [6, 6.07) is 6.84. The summed E-state index contributed by atoms with van der Waals surface area (Å²) < 4.78 is 22.0. The molecule has 0 atom stereocenters. The Kier molecular flexibility index (Phi) is 3.45. The van der Waals surface area contributed by atoms with Gasteiger partial charge in [0.15, 0.2) is 0 Å². The number of rotatable bonds is 3. The number of halogens is 1. The molecule has 1 aromatic rings. The van der Waals surface area contributed by atoms with E-state index in [4.69, 9.17) is 0 Å². The van der Waals surface area contributed by atoms with Crippen molar-refractivity contribution in [3.8, 4) is 0 Å². The third-order valence-electron chi connectivity index (χ3n) is 1.24. The molecule has 1 nitrogen and oxygen atoms in total. The zero-order chi connectivity index (χ0) is 8.10. The van der Waals surface area contributed by atoms with Crippen LogP contribution in [0.4, 0.5) is 3.89 Å². The van der Waals surface area contributed by atoms with Gasteiger partial charge < -0.3 is 0 Å². The van der Waals surface area contributed by atoms with Crippen LogP contribution in [0.3, 0.4) is 0 Å². The van der Waals surface area contributed by atoms with Gasteiger partial charge in [0.1, 0.15) is 0 Å². The van der Waals surface area contributed by atoms with Crippen LogP contribution in [-0.4, -0.2) is 0 Å². The van der Waals surface area contributed by atoms with Crippen molar-refractivity contribution in [1.82, 2.24) is 0 Å². The Morgan fingerprint density at radius 1 is 1.36 bits per heavy atom. The molecule has 0 unspecified atom stereocenters. The first kappa shape index (κ1) is 8.62. The summed E-state index contributed by atoms with van der Waals surface area (Å²) in [5, 5.41) is 0. The highest BCUT2D eigenvalue weighted by Gasteiger charge is 2.01. The number of hydrogen-bond donors (Lipinski definition) is 0. The van der Waals surface area contributed by atoms with E-state index < -0.39 is 0 Å². The molecule has 0 fully saturated rings. The fourth-order valence-corrected chi connectivity index (χ4v) is 1.27. The van der Waals surface area contributed by atoms with Crippen LogP contribution in [-0.2, 0) is 21.6 Å². The minimum atomic E-state index is 0.211. The van der Waals surface area contributed by atoms with Crippen molar-refractivity contribution in [2.75, 3.05) is 0 Å². The summed E-state index contributed by atoms with van der Waals surface area (Å²) in [4.78, 5) is 0.574. The molecule has 0 heterocycles. The normalized spacial score (nSPS) is 9.55. The average Bonchev–Trinajstić information content (AvgIpc) is 2.07. The maximum absolute atomic E-state index is 11.9. The molecule has 0 aliphatic carbocycles. The molecule has 0 saturated carbocycles. The first-order chi connectivity index (χ1) is 5.36. The van der Waals surface area contributed by atoms with E-state index in [-0.39, 0.29) is 12.1 Å². The molecule has 1 rings (SSSR count). The Hall–Kier alpha value is -0.480. The van der Waals surface area contributed by atoms with Gasteiger partial charge >= 0.3 is 11.7 Å². The lowest BCUT2D eigenvalue weighted by atomic mass is 10.2. The van der Waals surface area contributed by atoms with Gasteiger partial charge in [0.05, 0.1) is 12.1 Å². The van der Waals surface area contributed by atoms with Gasteiger partial charge in [-0.25, -0.2) is 0 Å². The first-order valence-electron chi connectivity index (χ1n) is 2.99. The van der Waals surface area contributed by atoms with Crippen molar-refractivity contribution in [2.45, 2.75) is 10.6 Å². The van der Waals surface area contributed by atoms with Crippen LogP contribution in [0.5, 0.6) is 0 Å². The minimum Gasteiger partial charge on any atom is -0.160 e. The maximum Gasteiger partial charge on any atom is 0.463 e. The third kappa shape index (κ3) is 2.55. The standard InChI is InChI=1S/C7H6FOS2/c8-11-7-3-1-6(2-4-7)5-10-9/h1-4H,5H2/q+1. The van der Waals surface area contributed by atoms with Gasteiger partial charge in [-0.3, -0.25) is 0 Å². The van der Waals surface area contributed by atoms with E-state index in [1.54, 1.807) is 24.3 Å². The van der Waals surface area contributed by atoms with Gasteiger partial charge in [0.25, 0.3) is 5.75 Å². The second-order valence-electron chi connectivity index (χ2n) is 1.98. The molecule has 4 heteroatoms. The second kappa shape index (κ2) is 4.41. The molecule has 0 radical (unpaired) electrons. The molecule has 0 amide bonds. The fraction of sp³-hybridized carbons (Fsp3) is 0.143. The van der Waals surface area contributed by atoms with E-state index in [1.165, 1.54) is 0 Å². The van der Waals surface area contributed by atoms with Crippen molar-refractivity contribution in [2.24, 2.45) is 0 Å². The molecular weight excluding hydrogens is 183 g/mol. The zero-order valence-corrected chi connectivity index (χ0v) is 7.25. The minimum absolute atomic E-state index is 0.211. The maximum atomic E-state index is 11.9. The van der Waals surface area contributed by atoms with Crippen molar-refractivity contribution < 1.29 is 8.09 Å². The van der Waals surface area contributed by atoms with Crippen molar-refractivity contribution in [3.05, 3.63) is 29.8 Å². The lowest BCUT2D eigenvalue weighted by Gasteiger charge is -1.90. The van der Waals surface area contributed by atoms with E-state index in [1.807, 2.05) is 0 Å². The third-order valence-corrected chi connectivity index (χ3v) is 2.14. The van der Waals surface area contributed by atoms with Crippen LogP contribution in [0, 0.1) is 0 Å². The van der Waals surface area contributed by atoms with Crippen LogP contribution in [0.1, 0.15) is 5.56 Å². The Labute approximate surface area is 72.8 Å². The summed E-state index contributed by atoms with van der Waals surface area (Å²) in [5.74, 6) is 0.442. The molecule has 0 bridgehead atoms. The van der Waals surface area contributed by atoms with Gasteiger partial charge in [-0.2, -0.15) is 3.89 Å². The largest absolute Gasteiger partial charge is 0.463 e. The van der Waals surface area contributed by atoms with E-state index in [2.05, 4.69) is 0 Å².